The van der Waals surface area contributed by atoms with Crippen molar-refractivity contribution < 1.29 is 14.0 Å². The number of aryl methyl sites for hydroxylation is 1. The summed E-state index contributed by atoms with van der Waals surface area (Å²) in [7, 11) is 0. The highest BCUT2D eigenvalue weighted by Gasteiger charge is 2.42. The molecule has 2 saturated heterocycles. The van der Waals surface area contributed by atoms with Gasteiger partial charge in [0.2, 0.25) is 5.91 Å². The average Bonchev–Trinajstić information content (AvgIpc) is 3.34. The van der Waals surface area contributed by atoms with Gasteiger partial charge in [0.1, 0.15) is 5.76 Å². The van der Waals surface area contributed by atoms with Crippen molar-refractivity contribution in [3.63, 3.8) is 0 Å². The first-order valence-corrected chi connectivity index (χ1v) is 9.51. The number of imidazole rings is 1. The molecule has 0 radical (unpaired) electrons. The van der Waals surface area contributed by atoms with Gasteiger partial charge in [-0.3, -0.25) is 9.59 Å². The number of nitrogens with one attached hydrogen (secondary N) is 1. The summed E-state index contributed by atoms with van der Waals surface area (Å²) in [4.78, 5) is 40.0. The van der Waals surface area contributed by atoms with E-state index >= 15 is 0 Å². The van der Waals surface area contributed by atoms with Crippen molar-refractivity contribution in [1.29, 1.82) is 0 Å². The van der Waals surface area contributed by atoms with Crippen LogP contribution in [0.15, 0.2) is 23.3 Å². The lowest BCUT2D eigenvalue weighted by atomic mass is 9.72. The van der Waals surface area contributed by atoms with Crippen molar-refractivity contribution in [3.05, 3.63) is 36.1 Å². The summed E-state index contributed by atoms with van der Waals surface area (Å²) in [6.45, 7) is 4.66. The fourth-order valence-corrected chi connectivity index (χ4v) is 4.24. The Bertz CT molecular complexity index is 805. The quantitative estimate of drug-likeness (QED) is 0.884. The Morgan fingerprint density at radius 3 is 2.81 bits per heavy atom. The molecule has 2 aromatic rings. The molecule has 1 spiro atoms. The number of carbonyl (C=O) groups is 2. The van der Waals surface area contributed by atoms with Crippen LogP contribution in [0.3, 0.4) is 0 Å². The van der Waals surface area contributed by atoms with Gasteiger partial charge in [-0.25, -0.2) is 9.97 Å². The molecule has 2 aromatic heterocycles. The van der Waals surface area contributed by atoms with Crippen molar-refractivity contribution in [3.8, 4) is 0 Å². The third-order valence-electron chi connectivity index (χ3n) is 6.01. The van der Waals surface area contributed by atoms with Crippen molar-refractivity contribution in [2.45, 2.75) is 39.0 Å². The Balaban J connectivity index is 1.36. The first-order chi connectivity index (χ1) is 13.1. The van der Waals surface area contributed by atoms with E-state index in [4.69, 9.17) is 4.42 Å². The molecule has 8 nitrogen and oxygen atoms in total. The zero-order chi connectivity index (χ0) is 18.9. The summed E-state index contributed by atoms with van der Waals surface area (Å²) in [6, 6.07) is 0. The number of hydrogen-bond acceptors (Lipinski definition) is 5. The molecule has 4 rings (SSSR count). The Kier molecular flexibility index (Phi) is 4.72. The minimum atomic E-state index is -0.0564. The second kappa shape index (κ2) is 7.17. The van der Waals surface area contributed by atoms with E-state index in [9.17, 15) is 9.59 Å². The van der Waals surface area contributed by atoms with Crippen molar-refractivity contribution in [1.82, 2.24) is 24.8 Å². The van der Waals surface area contributed by atoms with Crippen LogP contribution in [0.4, 0.5) is 0 Å². The molecule has 144 valence electrons. The van der Waals surface area contributed by atoms with Crippen LogP contribution in [0.5, 0.6) is 0 Å². The van der Waals surface area contributed by atoms with Crippen molar-refractivity contribution >= 4 is 11.8 Å². The molecule has 4 heterocycles. The second-order valence-corrected chi connectivity index (χ2v) is 7.69. The average molecular weight is 371 g/mol. The number of likely N-dealkylation sites (tertiary alicyclic amines) is 2. The van der Waals surface area contributed by atoms with E-state index in [2.05, 4.69) is 15.0 Å². The van der Waals surface area contributed by atoms with Gasteiger partial charge in [-0.2, -0.15) is 0 Å². The van der Waals surface area contributed by atoms with Crippen LogP contribution in [-0.4, -0.2) is 62.7 Å². The van der Waals surface area contributed by atoms with E-state index < -0.39 is 0 Å². The molecule has 27 heavy (non-hydrogen) atoms. The predicted molar refractivity (Wildman–Crippen MR) is 96.9 cm³/mol. The number of nitrogens with zero attached hydrogens (tertiary/aromatic N) is 4. The Morgan fingerprint density at radius 2 is 2.15 bits per heavy atom. The lowest BCUT2D eigenvalue weighted by molar-refractivity contribution is -0.138. The van der Waals surface area contributed by atoms with E-state index in [0.717, 1.165) is 37.9 Å². The summed E-state index contributed by atoms with van der Waals surface area (Å²) in [5.74, 6) is 0.740. The molecule has 0 saturated carbocycles. The number of oxazole rings is 1. The first kappa shape index (κ1) is 17.8. The smallest absolute Gasteiger partial charge is 0.276 e. The van der Waals surface area contributed by atoms with E-state index in [0.29, 0.717) is 37.5 Å². The SMILES string of the molecule is Cc1ocnc1C(=O)N1CCC2(CCC(=O)N(CCc3cnc[nH]3)C2)CC1. The molecule has 2 aliphatic rings. The topological polar surface area (TPSA) is 95.3 Å². The highest BCUT2D eigenvalue weighted by molar-refractivity contribution is 5.93. The van der Waals surface area contributed by atoms with Crippen LogP contribution in [0.2, 0.25) is 0 Å². The number of piperidine rings is 2. The van der Waals surface area contributed by atoms with E-state index in [1.807, 2.05) is 9.80 Å². The highest BCUT2D eigenvalue weighted by atomic mass is 16.3. The lowest BCUT2D eigenvalue weighted by Crippen LogP contribution is -2.52. The third kappa shape index (κ3) is 3.61. The maximum absolute atomic E-state index is 12.6. The van der Waals surface area contributed by atoms with Gasteiger partial charge in [-0.05, 0) is 31.6 Å². The molecular weight excluding hydrogens is 346 g/mol. The minimum absolute atomic E-state index is 0.0564. The third-order valence-corrected chi connectivity index (χ3v) is 6.01. The van der Waals surface area contributed by atoms with Crippen LogP contribution in [-0.2, 0) is 11.2 Å². The molecule has 2 amide bonds. The predicted octanol–water partition coefficient (Wildman–Crippen LogP) is 1.79. The Hall–Kier alpha value is -2.64. The van der Waals surface area contributed by atoms with Gasteiger partial charge in [0, 0.05) is 50.9 Å². The Morgan fingerprint density at radius 1 is 1.33 bits per heavy atom. The normalized spacial score (nSPS) is 19.7. The van der Waals surface area contributed by atoms with Gasteiger partial charge in [-0.15, -0.1) is 0 Å². The fraction of sp³-hybridized carbons (Fsp3) is 0.579. The number of hydrogen-bond donors (Lipinski definition) is 1. The van der Waals surface area contributed by atoms with E-state index in [1.165, 1.54) is 6.39 Å². The second-order valence-electron chi connectivity index (χ2n) is 7.69. The summed E-state index contributed by atoms with van der Waals surface area (Å²) >= 11 is 0. The molecule has 8 heteroatoms. The molecule has 0 aromatic carbocycles. The number of carbonyl (C=O) groups excluding carboxylic acids is 2. The maximum Gasteiger partial charge on any atom is 0.276 e. The van der Waals surface area contributed by atoms with Crippen LogP contribution >= 0.6 is 0 Å². The largest absolute Gasteiger partial charge is 0.448 e. The molecule has 2 fully saturated rings. The molecule has 1 N–H and O–H groups in total. The monoisotopic (exact) mass is 371 g/mol. The molecule has 2 aliphatic heterocycles. The summed E-state index contributed by atoms with van der Waals surface area (Å²) in [5, 5.41) is 0. The van der Waals surface area contributed by atoms with Crippen LogP contribution in [0.25, 0.3) is 0 Å². The standard InChI is InChI=1S/C19H25N5O3/c1-14-17(22-13-27-14)18(26)23-8-5-19(6-9-23)4-2-16(25)24(11-19)7-3-15-10-20-12-21-15/h10,12-13H,2-9,11H2,1H3,(H,20,21). The van der Waals surface area contributed by atoms with Gasteiger partial charge in [0.25, 0.3) is 5.91 Å². The Labute approximate surface area is 158 Å². The molecular formula is C19H25N5O3. The van der Waals surface area contributed by atoms with Crippen molar-refractivity contribution in [2.24, 2.45) is 5.41 Å². The molecule has 0 atom stereocenters. The van der Waals surface area contributed by atoms with E-state index in [-0.39, 0.29) is 17.2 Å². The van der Waals surface area contributed by atoms with Gasteiger partial charge >= 0.3 is 0 Å². The lowest BCUT2D eigenvalue weighted by Gasteiger charge is -2.47. The van der Waals surface area contributed by atoms with Gasteiger partial charge in [-0.1, -0.05) is 0 Å². The number of H-pyrrole nitrogens is 1. The minimum Gasteiger partial charge on any atom is -0.448 e. The zero-order valence-corrected chi connectivity index (χ0v) is 15.6. The van der Waals surface area contributed by atoms with Gasteiger partial charge < -0.3 is 19.2 Å². The number of rotatable bonds is 4. The maximum atomic E-state index is 12.6. The van der Waals surface area contributed by atoms with Gasteiger partial charge in [0.05, 0.1) is 6.33 Å². The van der Waals surface area contributed by atoms with E-state index in [1.54, 1.807) is 19.4 Å². The first-order valence-electron chi connectivity index (χ1n) is 9.51. The summed E-state index contributed by atoms with van der Waals surface area (Å²) in [6.07, 6.45) is 8.93. The van der Waals surface area contributed by atoms with Crippen LogP contribution < -0.4 is 0 Å². The fourth-order valence-electron chi connectivity index (χ4n) is 4.24. The van der Waals surface area contributed by atoms with Crippen molar-refractivity contribution in [2.75, 3.05) is 26.2 Å². The van der Waals surface area contributed by atoms with Gasteiger partial charge in [0.15, 0.2) is 12.1 Å². The van der Waals surface area contributed by atoms with Crippen LogP contribution in [0, 0.1) is 12.3 Å². The summed E-state index contributed by atoms with van der Waals surface area (Å²) in [5.41, 5.74) is 1.58. The zero-order valence-electron chi connectivity index (χ0n) is 15.6. The molecule has 0 unspecified atom stereocenters. The molecule has 0 bridgehead atoms. The number of aromatic amines is 1. The summed E-state index contributed by atoms with van der Waals surface area (Å²) < 4.78 is 5.16. The number of aromatic nitrogens is 3. The molecule has 0 aliphatic carbocycles. The van der Waals surface area contributed by atoms with Crippen LogP contribution in [0.1, 0.15) is 47.6 Å². The number of amides is 2. The highest BCUT2D eigenvalue weighted by Crippen LogP contribution is 2.40.